The molecule has 1 N–H and O–H groups in total. The van der Waals surface area contributed by atoms with Gasteiger partial charge in [-0.3, -0.25) is 4.79 Å². The Hall–Kier alpha value is -0.530. The maximum atomic E-state index is 11.5. The van der Waals surface area contributed by atoms with Gasteiger partial charge in [-0.05, 0) is 43.9 Å². The number of rotatable bonds is 2. The van der Waals surface area contributed by atoms with Crippen molar-refractivity contribution in [3.8, 4) is 0 Å². The molecule has 0 radical (unpaired) electrons. The molecule has 3 atom stereocenters. The molecule has 3 aliphatic rings. The fraction of sp³-hybridized carbons (Fsp3) is 0.909. The van der Waals surface area contributed by atoms with Gasteiger partial charge in [-0.15, -0.1) is 0 Å². The highest BCUT2D eigenvalue weighted by Crippen LogP contribution is 2.44. The van der Waals surface area contributed by atoms with Crippen LogP contribution in [0.2, 0.25) is 0 Å². The second-order valence-electron chi connectivity index (χ2n) is 5.06. The first-order valence-electron chi connectivity index (χ1n) is 5.63. The van der Waals surface area contributed by atoms with E-state index in [4.69, 9.17) is 0 Å². The van der Waals surface area contributed by atoms with Crippen LogP contribution in [0.4, 0.5) is 0 Å². The van der Waals surface area contributed by atoms with Gasteiger partial charge in [0.05, 0.1) is 0 Å². The Morgan fingerprint density at radius 1 is 1.08 bits per heavy atom. The van der Waals surface area contributed by atoms with Crippen LogP contribution in [0.25, 0.3) is 0 Å². The van der Waals surface area contributed by atoms with E-state index in [1.54, 1.807) is 0 Å². The molecule has 0 spiro atoms. The molecule has 72 valence electrons. The number of amides is 1. The van der Waals surface area contributed by atoms with E-state index in [0.29, 0.717) is 17.9 Å². The van der Waals surface area contributed by atoms with E-state index in [2.05, 4.69) is 5.32 Å². The van der Waals surface area contributed by atoms with Gasteiger partial charge >= 0.3 is 0 Å². The van der Waals surface area contributed by atoms with Crippen molar-refractivity contribution in [1.82, 2.24) is 5.32 Å². The fourth-order valence-electron chi connectivity index (χ4n) is 3.07. The van der Waals surface area contributed by atoms with E-state index < -0.39 is 0 Å². The molecule has 0 aliphatic heterocycles. The van der Waals surface area contributed by atoms with Gasteiger partial charge in [-0.25, -0.2) is 0 Å². The first-order chi connectivity index (χ1) is 6.33. The Labute approximate surface area is 79.1 Å². The Kier molecular flexibility index (Phi) is 1.64. The van der Waals surface area contributed by atoms with Gasteiger partial charge < -0.3 is 5.32 Å². The number of carbonyl (C=O) groups is 1. The van der Waals surface area contributed by atoms with Crippen LogP contribution in [0.1, 0.15) is 38.5 Å². The molecule has 13 heavy (non-hydrogen) atoms. The molecule has 3 fully saturated rings. The summed E-state index contributed by atoms with van der Waals surface area (Å²) in [5, 5.41) is 3.23. The molecule has 0 aromatic heterocycles. The van der Waals surface area contributed by atoms with Crippen molar-refractivity contribution in [1.29, 1.82) is 0 Å². The zero-order valence-corrected chi connectivity index (χ0v) is 7.96. The van der Waals surface area contributed by atoms with Gasteiger partial charge in [0, 0.05) is 12.0 Å². The molecule has 0 aromatic rings. The molecule has 3 saturated carbocycles. The van der Waals surface area contributed by atoms with Crippen LogP contribution in [0.5, 0.6) is 0 Å². The summed E-state index contributed by atoms with van der Waals surface area (Å²) >= 11 is 0. The number of hydrogen-bond acceptors (Lipinski definition) is 1. The monoisotopic (exact) mass is 179 g/mol. The van der Waals surface area contributed by atoms with Crippen LogP contribution >= 0.6 is 0 Å². The standard InChI is InChI=1S/C11H17NO/c13-11(8-3-4-8)12-10-6-7-1-2-9(10)5-7/h7-10H,1-6H2,(H,12,13)/t7-,9-,10-/m1/s1. The lowest BCUT2D eigenvalue weighted by Crippen LogP contribution is -2.39. The predicted octanol–water partition coefficient (Wildman–Crippen LogP) is 1.70. The first-order valence-corrected chi connectivity index (χ1v) is 5.63. The predicted molar refractivity (Wildman–Crippen MR) is 50.1 cm³/mol. The second-order valence-corrected chi connectivity index (χ2v) is 5.06. The molecule has 2 bridgehead atoms. The van der Waals surface area contributed by atoms with Crippen LogP contribution in [0.3, 0.4) is 0 Å². The van der Waals surface area contributed by atoms with Gasteiger partial charge in [0.1, 0.15) is 0 Å². The van der Waals surface area contributed by atoms with Crippen LogP contribution in [0, 0.1) is 17.8 Å². The molecule has 2 heteroatoms. The molecular formula is C11H17NO. The summed E-state index contributed by atoms with van der Waals surface area (Å²) < 4.78 is 0. The summed E-state index contributed by atoms with van der Waals surface area (Å²) in [7, 11) is 0. The van der Waals surface area contributed by atoms with Gasteiger partial charge in [-0.1, -0.05) is 6.42 Å². The zero-order valence-electron chi connectivity index (χ0n) is 7.96. The van der Waals surface area contributed by atoms with Crippen molar-refractivity contribution in [2.24, 2.45) is 17.8 Å². The normalized spacial score (nSPS) is 42.3. The van der Waals surface area contributed by atoms with E-state index in [1.165, 1.54) is 25.7 Å². The van der Waals surface area contributed by atoms with Crippen LogP contribution in [0.15, 0.2) is 0 Å². The minimum Gasteiger partial charge on any atom is -0.353 e. The Morgan fingerprint density at radius 2 is 1.92 bits per heavy atom. The van der Waals surface area contributed by atoms with Crippen molar-refractivity contribution in [3.05, 3.63) is 0 Å². The summed E-state index contributed by atoms with van der Waals surface area (Å²) in [6.07, 6.45) is 7.69. The SMILES string of the molecule is O=C(N[C@@H]1C[C@@H]2CC[C@@H]1C2)C1CC1. The molecule has 0 unspecified atom stereocenters. The maximum absolute atomic E-state index is 11.5. The smallest absolute Gasteiger partial charge is 0.223 e. The number of carbonyl (C=O) groups excluding carboxylic acids is 1. The molecule has 0 saturated heterocycles. The second kappa shape index (κ2) is 2.73. The first kappa shape index (κ1) is 7.84. The van der Waals surface area contributed by atoms with Crippen molar-refractivity contribution in [3.63, 3.8) is 0 Å². The Balaban J connectivity index is 1.58. The molecule has 2 nitrogen and oxygen atoms in total. The summed E-state index contributed by atoms with van der Waals surface area (Å²) in [5.41, 5.74) is 0. The molecule has 0 heterocycles. The van der Waals surface area contributed by atoms with Crippen LogP contribution in [-0.4, -0.2) is 11.9 Å². The topological polar surface area (TPSA) is 29.1 Å². The van der Waals surface area contributed by atoms with Gasteiger partial charge in [0.25, 0.3) is 0 Å². The Bertz CT molecular complexity index is 234. The lowest BCUT2D eigenvalue weighted by atomic mass is 9.95. The van der Waals surface area contributed by atoms with Crippen molar-refractivity contribution >= 4 is 5.91 Å². The van der Waals surface area contributed by atoms with E-state index in [1.807, 2.05) is 0 Å². The third kappa shape index (κ3) is 1.36. The molecular weight excluding hydrogens is 162 g/mol. The Morgan fingerprint density at radius 3 is 2.46 bits per heavy atom. The maximum Gasteiger partial charge on any atom is 0.223 e. The third-order valence-electron chi connectivity index (χ3n) is 4.01. The average molecular weight is 179 g/mol. The van der Waals surface area contributed by atoms with Gasteiger partial charge in [0.15, 0.2) is 0 Å². The van der Waals surface area contributed by atoms with E-state index >= 15 is 0 Å². The number of fused-ring (bicyclic) bond motifs is 2. The molecule has 3 rings (SSSR count). The number of hydrogen-bond donors (Lipinski definition) is 1. The van der Waals surface area contributed by atoms with Crippen LogP contribution in [-0.2, 0) is 4.79 Å². The fourth-order valence-corrected chi connectivity index (χ4v) is 3.07. The molecule has 1 amide bonds. The average Bonchev–Trinajstić information content (AvgIpc) is 2.79. The molecule has 0 aromatic carbocycles. The highest BCUT2D eigenvalue weighted by molar-refractivity contribution is 5.81. The lowest BCUT2D eigenvalue weighted by molar-refractivity contribution is -0.123. The van der Waals surface area contributed by atoms with Crippen molar-refractivity contribution < 1.29 is 4.79 Å². The summed E-state index contributed by atoms with van der Waals surface area (Å²) in [4.78, 5) is 11.5. The molecule has 3 aliphatic carbocycles. The summed E-state index contributed by atoms with van der Waals surface area (Å²) in [6, 6.07) is 0.548. The third-order valence-corrected chi connectivity index (χ3v) is 4.01. The quantitative estimate of drug-likeness (QED) is 0.687. The van der Waals surface area contributed by atoms with Gasteiger partial charge in [-0.2, -0.15) is 0 Å². The highest BCUT2D eigenvalue weighted by atomic mass is 16.2. The minimum absolute atomic E-state index is 0.345. The van der Waals surface area contributed by atoms with Crippen molar-refractivity contribution in [2.45, 2.75) is 44.6 Å². The number of nitrogens with one attached hydrogen (secondary N) is 1. The zero-order chi connectivity index (χ0) is 8.84. The lowest BCUT2D eigenvalue weighted by Gasteiger charge is -2.22. The minimum atomic E-state index is 0.345. The van der Waals surface area contributed by atoms with E-state index in [-0.39, 0.29) is 0 Å². The largest absolute Gasteiger partial charge is 0.353 e. The van der Waals surface area contributed by atoms with Gasteiger partial charge in [0.2, 0.25) is 5.91 Å². The summed E-state index contributed by atoms with van der Waals surface area (Å²) in [5.74, 6) is 2.50. The van der Waals surface area contributed by atoms with E-state index in [0.717, 1.165) is 24.7 Å². The van der Waals surface area contributed by atoms with Crippen LogP contribution < -0.4 is 5.32 Å². The van der Waals surface area contributed by atoms with Crippen molar-refractivity contribution in [2.75, 3.05) is 0 Å². The summed E-state index contributed by atoms with van der Waals surface area (Å²) in [6.45, 7) is 0. The highest BCUT2D eigenvalue weighted by Gasteiger charge is 2.41. The van der Waals surface area contributed by atoms with E-state index in [9.17, 15) is 4.79 Å².